The van der Waals surface area contributed by atoms with Gasteiger partial charge in [-0.2, -0.15) is 4.98 Å². The largest absolute Gasteiger partial charge is 0.491 e. The van der Waals surface area contributed by atoms with Crippen molar-refractivity contribution < 1.29 is 50.6 Å². The maximum atomic E-state index is 15.3. The number of fused-ring (bicyclic) bond motifs is 3. The molecule has 0 radical (unpaired) electrons. The number of carbonyl (C=O) groups excluding carboxylic acids is 4. The Labute approximate surface area is 385 Å². The number of nitrogens with one attached hydrogen (secondary N) is 1. The SMILES string of the molecule is C=C[C@@H]1C[C@]1(CC(=O)[C@@H]1C[C@@H](Oc2nc(-c3ccc(OC(C)C)cc3)nc3c2oc2ccc(F)cc23)CN1C(=O)[C@@H](Cc1nc(C(=O)OC)cs1)C1CCCCC1)C(=O)NS(=O)(=O)C1CC1. The van der Waals surface area contributed by atoms with E-state index < -0.39 is 68.1 Å². The molecule has 1 N–H and O–H groups in total. The maximum absolute atomic E-state index is 15.3. The Balaban J connectivity index is 1.07. The second kappa shape index (κ2) is 18.1. The van der Waals surface area contributed by atoms with Crippen molar-refractivity contribution in [1.82, 2.24) is 24.6 Å². The van der Waals surface area contributed by atoms with E-state index >= 15 is 4.79 Å². The summed E-state index contributed by atoms with van der Waals surface area (Å²) in [6.45, 7) is 7.68. The maximum Gasteiger partial charge on any atom is 0.357 e. The first kappa shape index (κ1) is 45.4. The highest BCUT2D eigenvalue weighted by Gasteiger charge is 2.61. The van der Waals surface area contributed by atoms with Gasteiger partial charge in [-0.1, -0.05) is 25.3 Å². The van der Waals surface area contributed by atoms with E-state index in [9.17, 15) is 27.2 Å². The molecule has 3 aromatic heterocycles. The highest BCUT2D eigenvalue weighted by molar-refractivity contribution is 7.90. The van der Waals surface area contributed by atoms with E-state index in [1.807, 2.05) is 13.8 Å². The number of thiazole rings is 1. The first-order valence-electron chi connectivity index (χ1n) is 22.5. The summed E-state index contributed by atoms with van der Waals surface area (Å²) < 4.78 is 66.6. The minimum Gasteiger partial charge on any atom is -0.491 e. The number of ether oxygens (including phenoxy) is 3. The normalized spacial score (nSPS) is 22.6. The predicted molar refractivity (Wildman–Crippen MR) is 243 cm³/mol. The molecular weight excluding hydrogens is 890 g/mol. The molecule has 18 heteroatoms. The van der Waals surface area contributed by atoms with Gasteiger partial charge in [-0.25, -0.2) is 27.6 Å². The van der Waals surface area contributed by atoms with Crippen LogP contribution in [0.15, 0.2) is 64.9 Å². The molecule has 15 nitrogen and oxygen atoms in total. The zero-order valence-corrected chi connectivity index (χ0v) is 38.6. The van der Waals surface area contributed by atoms with Crippen molar-refractivity contribution in [1.29, 1.82) is 0 Å². The fraction of sp³-hybridized carbons (Fsp3) is 0.479. The van der Waals surface area contributed by atoms with Crippen molar-refractivity contribution in [2.45, 2.75) is 108 Å². The molecule has 9 rings (SSSR count). The van der Waals surface area contributed by atoms with E-state index in [-0.39, 0.29) is 73.1 Å². The number of rotatable bonds is 17. The Morgan fingerprint density at radius 3 is 2.48 bits per heavy atom. The number of allylic oxidation sites excluding steroid dienone is 1. The van der Waals surface area contributed by atoms with E-state index in [0.29, 0.717) is 45.6 Å². The Kier molecular flexibility index (Phi) is 12.5. The van der Waals surface area contributed by atoms with Crippen LogP contribution < -0.4 is 14.2 Å². The van der Waals surface area contributed by atoms with Crippen LogP contribution >= 0.6 is 11.3 Å². The number of furan rings is 1. The lowest BCUT2D eigenvalue weighted by molar-refractivity contribution is -0.143. The monoisotopic (exact) mass is 941 g/mol. The lowest BCUT2D eigenvalue weighted by Crippen LogP contribution is -2.48. The third-order valence-electron chi connectivity index (χ3n) is 13.4. The number of Topliss-reactive ketones (excluding diaryl/α,β-unsaturated/α-hetero) is 1. The van der Waals surface area contributed by atoms with Gasteiger partial charge < -0.3 is 23.5 Å². The minimum atomic E-state index is -3.92. The van der Waals surface area contributed by atoms with Crippen LogP contribution in [0.3, 0.4) is 0 Å². The molecule has 3 saturated carbocycles. The van der Waals surface area contributed by atoms with Crippen molar-refractivity contribution in [3.63, 3.8) is 0 Å². The standard InChI is InChI=1S/C48H52FN5O10S2/c1-5-29-22-48(29,47(58)53-66(59,60)33-16-17-33)23-38(55)37-20-32(24-54(37)45(56)34(27-9-7-6-8-10-27)21-40-50-36(25-65-40)46(57)61-4)63-44-42-41(35-19-30(49)13-18-39(35)64-42)51-43(52-44)28-11-14-31(15-12-28)62-26(2)3/h5,11-15,18-19,25-27,29,32-34,37H,1,6-10,16-17,20-24H2,2-4H3,(H,53,58)/t29-,32-,34+,37+,48-/m1/s1. The molecule has 1 aliphatic heterocycles. The van der Waals surface area contributed by atoms with Gasteiger partial charge in [-0.3, -0.25) is 19.1 Å². The van der Waals surface area contributed by atoms with Crippen molar-refractivity contribution >= 4 is 67.0 Å². The van der Waals surface area contributed by atoms with E-state index in [2.05, 4.69) is 16.3 Å². The molecule has 4 heterocycles. The Morgan fingerprint density at radius 1 is 1.05 bits per heavy atom. The number of likely N-dealkylation sites (tertiary alicyclic amines) is 1. The number of ketones is 1. The fourth-order valence-corrected chi connectivity index (χ4v) is 11.9. The van der Waals surface area contributed by atoms with E-state index in [0.717, 1.165) is 32.1 Å². The summed E-state index contributed by atoms with van der Waals surface area (Å²) in [7, 11) is -2.64. The summed E-state index contributed by atoms with van der Waals surface area (Å²) >= 11 is 1.26. The predicted octanol–water partition coefficient (Wildman–Crippen LogP) is 7.76. The van der Waals surface area contributed by atoms with Crippen LogP contribution in [-0.2, 0) is 35.6 Å². The molecule has 0 spiro atoms. The molecule has 4 aliphatic rings. The van der Waals surface area contributed by atoms with E-state index in [1.165, 1.54) is 36.6 Å². The van der Waals surface area contributed by atoms with Crippen LogP contribution in [0.5, 0.6) is 11.6 Å². The third kappa shape index (κ3) is 9.18. The van der Waals surface area contributed by atoms with Gasteiger partial charge >= 0.3 is 5.97 Å². The molecule has 5 aromatic rings. The van der Waals surface area contributed by atoms with Gasteiger partial charge in [0.15, 0.2) is 17.3 Å². The molecule has 0 bridgehead atoms. The molecule has 2 aromatic carbocycles. The highest BCUT2D eigenvalue weighted by Crippen LogP contribution is 2.57. The second-order valence-corrected chi connectivity index (χ2v) is 21.2. The van der Waals surface area contributed by atoms with Gasteiger partial charge in [-0.05, 0) is 100 Å². The van der Waals surface area contributed by atoms with Gasteiger partial charge in [0.1, 0.15) is 28.8 Å². The molecule has 4 fully saturated rings. The fourth-order valence-electron chi connectivity index (χ4n) is 9.65. The molecule has 3 aliphatic carbocycles. The summed E-state index contributed by atoms with van der Waals surface area (Å²) in [6, 6.07) is 10.2. The first-order chi connectivity index (χ1) is 31.7. The summed E-state index contributed by atoms with van der Waals surface area (Å²) in [4.78, 5) is 72.1. The summed E-state index contributed by atoms with van der Waals surface area (Å²) in [5, 5.41) is 1.93. The number of amides is 2. The topological polar surface area (TPSA) is 197 Å². The van der Waals surface area contributed by atoms with E-state index in [4.69, 9.17) is 28.6 Å². The summed E-state index contributed by atoms with van der Waals surface area (Å²) in [6.07, 6.45) is 6.22. The molecule has 5 atom stereocenters. The third-order valence-corrected chi connectivity index (χ3v) is 16.0. The smallest absolute Gasteiger partial charge is 0.357 e. The molecule has 2 amide bonds. The highest BCUT2D eigenvalue weighted by atomic mass is 32.2. The molecular formula is C48H52FN5O10S2. The number of hydrogen-bond acceptors (Lipinski definition) is 14. The van der Waals surface area contributed by atoms with Crippen LogP contribution in [0.1, 0.15) is 93.6 Å². The van der Waals surface area contributed by atoms with Gasteiger partial charge in [-0.15, -0.1) is 17.9 Å². The van der Waals surface area contributed by atoms with Crippen LogP contribution in [0.25, 0.3) is 33.5 Å². The zero-order valence-electron chi connectivity index (χ0n) is 37.0. The van der Waals surface area contributed by atoms with Gasteiger partial charge in [0.05, 0.1) is 41.5 Å². The summed E-state index contributed by atoms with van der Waals surface area (Å²) in [5.74, 6) is -2.70. The van der Waals surface area contributed by atoms with Crippen LogP contribution in [-0.4, -0.2) is 89.0 Å². The number of carbonyl (C=O) groups is 4. The lowest BCUT2D eigenvalue weighted by Gasteiger charge is -2.34. The first-order valence-corrected chi connectivity index (χ1v) is 25.0. The lowest BCUT2D eigenvalue weighted by atomic mass is 9.77. The average molecular weight is 942 g/mol. The van der Waals surface area contributed by atoms with Crippen molar-refractivity contribution in [3.05, 3.63) is 77.0 Å². The number of halogens is 1. The van der Waals surface area contributed by atoms with Crippen LogP contribution in [0.2, 0.25) is 0 Å². The van der Waals surface area contributed by atoms with E-state index in [1.54, 1.807) is 40.6 Å². The van der Waals surface area contributed by atoms with Crippen molar-refractivity contribution in [3.8, 4) is 23.0 Å². The van der Waals surface area contributed by atoms with Crippen molar-refractivity contribution in [2.75, 3.05) is 13.7 Å². The Hall–Kier alpha value is -5.75. The second-order valence-electron chi connectivity index (χ2n) is 18.3. The number of nitrogens with zero attached hydrogens (tertiary/aromatic N) is 4. The number of esters is 1. The molecule has 66 heavy (non-hydrogen) atoms. The zero-order chi connectivity index (χ0) is 46.5. The number of hydrogen-bond donors (Lipinski definition) is 1. The number of aromatic nitrogens is 3. The Morgan fingerprint density at radius 2 is 1.80 bits per heavy atom. The van der Waals surface area contributed by atoms with Gasteiger partial charge in [0.2, 0.25) is 27.4 Å². The molecule has 348 valence electrons. The van der Waals surface area contributed by atoms with Crippen LogP contribution in [0.4, 0.5) is 4.39 Å². The van der Waals surface area contributed by atoms with Crippen molar-refractivity contribution in [2.24, 2.45) is 23.2 Å². The Bertz CT molecular complexity index is 2820. The van der Waals surface area contributed by atoms with Gasteiger partial charge in [0, 0.05) is 41.5 Å². The molecule has 0 unspecified atom stereocenters. The number of benzene rings is 2. The summed E-state index contributed by atoms with van der Waals surface area (Å²) in [5.41, 5.74) is 0.205. The number of methoxy groups -OCH3 is 1. The minimum absolute atomic E-state index is 0.0133. The number of sulfonamides is 1. The quantitative estimate of drug-likeness (QED) is 0.0702. The molecule has 1 saturated heterocycles. The van der Waals surface area contributed by atoms with Crippen LogP contribution in [0, 0.1) is 29.0 Å². The van der Waals surface area contributed by atoms with Gasteiger partial charge in [0.25, 0.3) is 5.88 Å². The average Bonchev–Trinajstić information content (AvgIpc) is 4.14.